The van der Waals surface area contributed by atoms with Crippen molar-refractivity contribution in [1.29, 1.82) is 0 Å². The Morgan fingerprint density at radius 3 is 2.87 bits per heavy atom. The minimum Gasteiger partial charge on any atom is -0.368 e. The van der Waals surface area contributed by atoms with E-state index in [0.717, 1.165) is 17.9 Å². The fourth-order valence-corrected chi connectivity index (χ4v) is 3.68. The molecule has 0 aliphatic carbocycles. The second-order valence-corrected chi connectivity index (χ2v) is 5.44. The topological polar surface area (TPSA) is 59.0 Å². The highest BCUT2D eigenvalue weighted by molar-refractivity contribution is 5.84. The summed E-state index contributed by atoms with van der Waals surface area (Å²) in [4.78, 5) is 22.5. The summed E-state index contributed by atoms with van der Waals surface area (Å²) in [6, 6.07) is 0. The first-order chi connectivity index (χ1) is 7.01. The van der Waals surface area contributed by atoms with Crippen LogP contribution < -0.4 is 0 Å². The molecule has 3 heterocycles. The van der Waals surface area contributed by atoms with Gasteiger partial charge in [-0.05, 0) is 12.8 Å². The van der Waals surface area contributed by atoms with E-state index in [1.807, 2.05) is 0 Å². The minimum atomic E-state index is -0.417. The molecule has 15 heavy (non-hydrogen) atoms. The second-order valence-electron chi connectivity index (χ2n) is 5.44. The Morgan fingerprint density at radius 1 is 1.53 bits per heavy atom. The first-order valence-corrected chi connectivity index (χ1v) is 5.34. The highest BCUT2D eigenvalue weighted by Crippen LogP contribution is 2.60. The highest BCUT2D eigenvalue weighted by atomic mass is 16.5. The van der Waals surface area contributed by atoms with Crippen molar-refractivity contribution < 1.29 is 9.53 Å². The van der Waals surface area contributed by atoms with E-state index in [-0.39, 0.29) is 23.3 Å². The molecule has 0 aromatic heterocycles. The van der Waals surface area contributed by atoms with Crippen LogP contribution in [0.2, 0.25) is 0 Å². The van der Waals surface area contributed by atoms with Gasteiger partial charge in [-0.3, -0.25) is 4.79 Å². The van der Waals surface area contributed by atoms with E-state index in [1.54, 1.807) is 0 Å². The van der Waals surface area contributed by atoms with Crippen LogP contribution in [0.25, 0.3) is 0 Å². The maximum Gasteiger partial charge on any atom is 0.252 e. The molecule has 0 N–H and O–H groups in total. The Bertz CT molecular complexity index is 355. The van der Waals surface area contributed by atoms with E-state index < -0.39 is 5.60 Å². The summed E-state index contributed by atoms with van der Waals surface area (Å²) in [5.74, 6) is -0.335. The van der Waals surface area contributed by atoms with Crippen molar-refractivity contribution in [1.82, 2.24) is 5.01 Å². The quantitative estimate of drug-likeness (QED) is 0.608. The highest BCUT2D eigenvalue weighted by Gasteiger charge is 2.70. The maximum atomic E-state index is 12.0. The van der Waals surface area contributed by atoms with Gasteiger partial charge in [0.15, 0.2) is 0 Å². The predicted octanol–water partition coefficient (Wildman–Crippen LogP) is 1.08. The van der Waals surface area contributed by atoms with Gasteiger partial charge in [-0.2, -0.15) is 5.01 Å². The van der Waals surface area contributed by atoms with Crippen LogP contribution in [-0.4, -0.2) is 29.2 Å². The molecular formula is C10H14N2O3. The van der Waals surface area contributed by atoms with Crippen LogP contribution in [0.15, 0.2) is 5.29 Å². The average Bonchev–Trinajstić information content (AvgIpc) is 2.75. The summed E-state index contributed by atoms with van der Waals surface area (Å²) in [7, 11) is 0. The van der Waals surface area contributed by atoms with Gasteiger partial charge >= 0.3 is 0 Å². The standard InChI is InChI=1S/C10H14N2O3/c1-9(2)6-3-4-10(15-6)5-12(11-14)8(13)7(9)10/h6-7H,3-5H2,1-2H3/t6-,7-,10-/m0/s1. The van der Waals surface area contributed by atoms with Crippen LogP contribution in [0.3, 0.4) is 0 Å². The van der Waals surface area contributed by atoms with Crippen LogP contribution in [0, 0.1) is 16.2 Å². The molecule has 3 atom stereocenters. The summed E-state index contributed by atoms with van der Waals surface area (Å²) in [6.07, 6.45) is 2.03. The third-order valence-electron chi connectivity index (χ3n) is 4.32. The average molecular weight is 210 g/mol. The molecule has 1 spiro atoms. The van der Waals surface area contributed by atoms with Crippen molar-refractivity contribution >= 4 is 5.91 Å². The Balaban J connectivity index is 2.06. The van der Waals surface area contributed by atoms with Gasteiger partial charge in [-0.15, -0.1) is 4.91 Å². The monoisotopic (exact) mass is 210 g/mol. The Kier molecular flexibility index (Phi) is 1.48. The number of rotatable bonds is 1. The normalized spacial score (nSPS) is 46.0. The van der Waals surface area contributed by atoms with E-state index in [1.165, 1.54) is 0 Å². The molecule has 3 rings (SSSR count). The molecule has 3 aliphatic heterocycles. The number of carbonyl (C=O) groups excluding carboxylic acids is 1. The van der Waals surface area contributed by atoms with Gasteiger partial charge in [0.05, 0.1) is 23.9 Å². The molecule has 5 heteroatoms. The summed E-state index contributed by atoms with van der Waals surface area (Å²) in [5.41, 5.74) is -0.575. The van der Waals surface area contributed by atoms with Crippen LogP contribution in [0.5, 0.6) is 0 Å². The Morgan fingerprint density at radius 2 is 2.27 bits per heavy atom. The van der Waals surface area contributed by atoms with Crippen molar-refractivity contribution in [3.63, 3.8) is 0 Å². The number of nitrogens with zero attached hydrogens (tertiary/aromatic N) is 2. The molecule has 82 valence electrons. The summed E-state index contributed by atoms with van der Waals surface area (Å²) in [6.45, 7) is 4.45. The summed E-state index contributed by atoms with van der Waals surface area (Å²) < 4.78 is 5.94. The maximum absolute atomic E-state index is 12.0. The predicted molar refractivity (Wildman–Crippen MR) is 51.6 cm³/mol. The van der Waals surface area contributed by atoms with Crippen molar-refractivity contribution in [3.05, 3.63) is 4.91 Å². The summed E-state index contributed by atoms with van der Waals surface area (Å²) in [5, 5.41) is 3.82. The van der Waals surface area contributed by atoms with Gasteiger partial charge in [0, 0.05) is 5.41 Å². The largest absolute Gasteiger partial charge is 0.368 e. The van der Waals surface area contributed by atoms with Gasteiger partial charge in [0.25, 0.3) is 5.91 Å². The second kappa shape index (κ2) is 2.40. The van der Waals surface area contributed by atoms with E-state index in [0.29, 0.717) is 6.54 Å². The molecule has 0 saturated carbocycles. The zero-order valence-electron chi connectivity index (χ0n) is 8.90. The molecule has 3 saturated heterocycles. The number of fused-ring (bicyclic) bond motifs is 1. The molecule has 0 aromatic rings. The molecule has 0 unspecified atom stereocenters. The lowest BCUT2D eigenvalue weighted by Crippen LogP contribution is -2.42. The molecule has 1 amide bonds. The minimum absolute atomic E-state index is 0.155. The molecule has 0 radical (unpaired) electrons. The molecule has 0 aromatic carbocycles. The number of amides is 1. The number of hydrogen-bond acceptors (Lipinski definition) is 4. The fourth-order valence-electron chi connectivity index (χ4n) is 3.68. The molecule has 5 nitrogen and oxygen atoms in total. The van der Waals surface area contributed by atoms with E-state index in [4.69, 9.17) is 4.74 Å². The van der Waals surface area contributed by atoms with E-state index >= 15 is 0 Å². The zero-order valence-corrected chi connectivity index (χ0v) is 8.90. The third kappa shape index (κ3) is 0.856. The van der Waals surface area contributed by atoms with Gasteiger partial charge in [0.2, 0.25) is 0 Å². The third-order valence-corrected chi connectivity index (χ3v) is 4.32. The van der Waals surface area contributed by atoms with Gasteiger partial charge < -0.3 is 4.74 Å². The van der Waals surface area contributed by atoms with Crippen LogP contribution >= 0.6 is 0 Å². The van der Waals surface area contributed by atoms with Crippen LogP contribution in [0.4, 0.5) is 0 Å². The first kappa shape index (κ1) is 9.27. The van der Waals surface area contributed by atoms with E-state index in [2.05, 4.69) is 19.1 Å². The fraction of sp³-hybridized carbons (Fsp3) is 0.900. The first-order valence-electron chi connectivity index (χ1n) is 5.34. The van der Waals surface area contributed by atoms with E-state index in [9.17, 15) is 9.70 Å². The van der Waals surface area contributed by atoms with Gasteiger partial charge in [-0.25, -0.2) is 0 Å². The Hall–Kier alpha value is -0.970. The van der Waals surface area contributed by atoms with Gasteiger partial charge in [-0.1, -0.05) is 13.8 Å². The molecule has 2 bridgehead atoms. The smallest absolute Gasteiger partial charge is 0.252 e. The lowest BCUT2D eigenvalue weighted by molar-refractivity contribution is -0.134. The Labute approximate surface area is 87.7 Å². The molecule has 3 fully saturated rings. The van der Waals surface area contributed by atoms with Crippen LogP contribution in [0.1, 0.15) is 26.7 Å². The van der Waals surface area contributed by atoms with Crippen molar-refractivity contribution in [2.75, 3.05) is 6.54 Å². The number of carbonyl (C=O) groups is 1. The number of ether oxygens (including phenoxy) is 1. The number of hydrogen-bond donors (Lipinski definition) is 0. The number of nitroso groups, excluding NO2 is 1. The van der Waals surface area contributed by atoms with Crippen molar-refractivity contribution in [2.24, 2.45) is 16.6 Å². The lowest BCUT2D eigenvalue weighted by Gasteiger charge is -2.33. The van der Waals surface area contributed by atoms with Crippen molar-refractivity contribution in [2.45, 2.75) is 38.4 Å². The zero-order chi connectivity index (χ0) is 10.8. The summed E-state index contributed by atoms with van der Waals surface area (Å²) >= 11 is 0. The lowest BCUT2D eigenvalue weighted by atomic mass is 9.65. The van der Waals surface area contributed by atoms with Crippen LogP contribution in [-0.2, 0) is 9.53 Å². The molecule has 3 aliphatic rings. The SMILES string of the molecule is CC1(C)[C@@H]2CC[C@@]3(CN(N=O)C(=O)[C@@H]13)O2. The van der Waals surface area contributed by atoms with Gasteiger partial charge in [0.1, 0.15) is 5.60 Å². The molecular weight excluding hydrogens is 196 g/mol. The van der Waals surface area contributed by atoms with Crippen molar-refractivity contribution in [3.8, 4) is 0 Å².